The van der Waals surface area contributed by atoms with Crippen LogP contribution in [0.3, 0.4) is 0 Å². The second-order valence-electron chi connectivity index (χ2n) is 3.64. The van der Waals surface area contributed by atoms with E-state index in [4.69, 9.17) is 16.3 Å². The van der Waals surface area contributed by atoms with Crippen LogP contribution >= 0.6 is 11.6 Å². The Balaban J connectivity index is 3.93. The van der Waals surface area contributed by atoms with Crippen LogP contribution in [0.4, 0.5) is 4.79 Å². The standard InChI is InChI=1S/C9H16ClNO2/c1-5-7(6-10)11-8(12)13-9(2,3)4/h5,7H,1,6H2,2-4H3,(H,11,12). The Bertz CT molecular complexity index is 187. The number of carbonyl (C=O) groups excluding carboxylic acids is 1. The first kappa shape index (κ1) is 12.3. The van der Waals surface area contributed by atoms with Gasteiger partial charge in [0.1, 0.15) is 5.60 Å². The van der Waals surface area contributed by atoms with E-state index in [0.717, 1.165) is 0 Å². The summed E-state index contributed by atoms with van der Waals surface area (Å²) in [5, 5.41) is 2.56. The number of alkyl halides is 1. The Morgan fingerprint density at radius 1 is 1.69 bits per heavy atom. The van der Waals surface area contributed by atoms with Crippen molar-refractivity contribution in [2.45, 2.75) is 32.4 Å². The van der Waals surface area contributed by atoms with Crippen LogP contribution in [-0.4, -0.2) is 23.6 Å². The lowest BCUT2D eigenvalue weighted by Crippen LogP contribution is -2.38. The van der Waals surface area contributed by atoms with Crippen LogP contribution in [0.1, 0.15) is 20.8 Å². The lowest BCUT2D eigenvalue weighted by Gasteiger charge is -2.21. The van der Waals surface area contributed by atoms with Gasteiger partial charge in [0.05, 0.1) is 6.04 Å². The molecule has 3 nitrogen and oxygen atoms in total. The van der Waals surface area contributed by atoms with Gasteiger partial charge in [0.25, 0.3) is 0 Å². The zero-order valence-electron chi connectivity index (χ0n) is 8.26. The number of alkyl carbamates (subject to hydrolysis) is 1. The molecule has 1 amide bonds. The maximum atomic E-state index is 11.1. The Labute approximate surface area is 84.1 Å². The van der Waals surface area contributed by atoms with Crippen LogP contribution < -0.4 is 5.32 Å². The zero-order valence-corrected chi connectivity index (χ0v) is 9.02. The molecule has 4 heteroatoms. The van der Waals surface area contributed by atoms with Crippen molar-refractivity contribution < 1.29 is 9.53 Å². The normalized spacial score (nSPS) is 13.2. The average molecular weight is 206 g/mol. The van der Waals surface area contributed by atoms with E-state index >= 15 is 0 Å². The molecule has 0 aromatic heterocycles. The minimum absolute atomic E-state index is 0.239. The van der Waals surface area contributed by atoms with Crippen molar-refractivity contribution in [3.63, 3.8) is 0 Å². The van der Waals surface area contributed by atoms with Crippen molar-refractivity contribution >= 4 is 17.7 Å². The SMILES string of the molecule is C=CC(CCl)NC(=O)OC(C)(C)C. The lowest BCUT2D eigenvalue weighted by atomic mass is 10.2. The molecule has 0 bridgehead atoms. The van der Waals surface area contributed by atoms with Crippen molar-refractivity contribution in [3.8, 4) is 0 Å². The summed E-state index contributed by atoms with van der Waals surface area (Å²) in [5.74, 6) is 0.294. The molecule has 76 valence electrons. The molecule has 1 N–H and O–H groups in total. The number of carbonyl (C=O) groups is 1. The molecule has 0 aromatic carbocycles. The molecule has 1 unspecified atom stereocenters. The molecule has 0 aliphatic rings. The summed E-state index contributed by atoms with van der Waals surface area (Å²) in [5.41, 5.74) is -0.484. The largest absolute Gasteiger partial charge is 0.444 e. The Morgan fingerprint density at radius 2 is 2.23 bits per heavy atom. The lowest BCUT2D eigenvalue weighted by molar-refractivity contribution is 0.0518. The molecule has 0 aliphatic carbocycles. The molecule has 1 atom stereocenters. The fourth-order valence-electron chi connectivity index (χ4n) is 0.619. The van der Waals surface area contributed by atoms with Gasteiger partial charge in [-0.25, -0.2) is 4.79 Å². The number of halogens is 1. The van der Waals surface area contributed by atoms with E-state index in [9.17, 15) is 4.79 Å². The summed E-state index contributed by atoms with van der Waals surface area (Å²) in [7, 11) is 0. The molecule has 0 saturated heterocycles. The van der Waals surface area contributed by atoms with Gasteiger partial charge in [-0.2, -0.15) is 0 Å². The highest BCUT2D eigenvalue weighted by Crippen LogP contribution is 2.06. The number of ether oxygens (including phenoxy) is 1. The highest BCUT2D eigenvalue weighted by atomic mass is 35.5. The van der Waals surface area contributed by atoms with Crippen LogP contribution in [0.25, 0.3) is 0 Å². The van der Waals surface area contributed by atoms with Crippen molar-refractivity contribution in [1.82, 2.24) is 5.32 Å². The maximum Gasteiger partial charge on any atom is 0.408 e. The summed E-state index contributed by atoms with van der Waals surface area (Å²) in [6, 6.07) is -0.239. The first-order chi connectivity index (χ1) is 5.89. The Kier molecular flexibility index (Phi) is 4.85. The second kappa shape index (κ2) is 5.12. The number of nitrogens with one attached hydrogen (secondary N) is 1. The van der Waals surface area contributed by atoms with Gasteiger partial charge in [0.2, 0.25) is 0 Å². The minimum atomic E-state index is -0.484. The molecular weight excluding hydrogens is 190 g/mol. The van der Waals surface area contributed by atoms with Crippen LogP contribution in [0.15, 0.2) is 12.7 Å². The summed E-state index contributed by atoms with van der Waals surface area (Å²) in [6.45, 7) is 8.93. The second-order valence-corrected chi connectivity index (χ2v) is 3.95. The maximum absolute atomic E-state index is 11.1. The third kappa shape index (κ3) is 6.46. The topological polar surface area (TPSA) is 38.3 Å². The van der Waals surface area contributed by atoms with Crippen LogP contribution in [0, 0.1) is 0 Å². The van der Waals surface area contributed by atoms with Gasteiger partial charge in [-0.05, 0) is 20.8 Å². The number of amides is 1. The van der Waals surface area contributed by atoms with Crippen molar-refractivity contribution in [2.75, 3.05) is 5.88 Å². The molecule has 0 rings (SSSR count). The van der Waals surface area contributed by atoms with Gasteiger partial charge in [0, 0.05) is 5.88 Å². The first-order valence-corrected chi connectivity index (χ1v) is 4.60. The molecule has 13 heavy (non-hydrogen) atoms. The summed E-state index contributed by atoms with van der Waals surface area (Å²) in [6.07, 6.45) is 1.09. The predicted molar refractivity (Wildman–Crippen MR) is 54.1 cm³/mol. The third-order valence-electron chi connectivity index (χ3n) is 1.15. The van der Waals surface area contributed by atoms with Crippen LogP contribution in [-0.2, 0) is 4.74 Å². The summed E-state index contributed by atoms with van der Waals surface area (Å²) < 4.78 is 5.02. The van der Waals surface area contributed by atoms with E-state index in [-0.39, 0.29) is 6.04 Å². The summed E-state index contributed by atoms with van der Waals surface area (Å²) in [4.78, 5) is 11.1. The minimum Gasteiger partial charge on any atom is -0.444 e. The molecule has 0 aliphatic heterocycles. The van der Waals surface area contributed by atoms with Crippen LogP contribution in [0.5, 0.6) is 0 Å². The van der Waals surface area contributed by atoms with E-state index in [0.29, 0.717) is 5.88 Å². The third-order valence-corrected chi connectivity index (χ3v) is 1.49. The van der Waals surface area contributed by atoms with E-state index < -0.39 is 11.7 Å². The number of hydrogen-bond acceptors (Lipinski definition) is 2. The van der Waals surface area contributed by atoms with E-state index in [1.54, 1.807) is 26.8 Å². The monoisotopic (exact) mass is 205 g/mol. The zero-order chi connectivity index (χ0) is 10.5. The van der Waals surface area contributed by atoms with Gasteiger partial charge < -0.3 is 10.1 Å². The molecule has 0 saturated carbocycles. The molecule has 0 spiro atoms. The van der Waals surface area contributed by atoms with Gasteiger partial charge in [-0.15, -0.1) is 18.2 Å². The smallest absolute Gasteiger partial charge is 0.408 e. The van der Waals surface area contributed by atoms with Crippen molar-refractivity contribution in [1.29, 1.82) is 0 Å². The van der Waals surface area contributed by atoms with E-state index in [1.807, 2.05) is 0 Å². The van der Waals surface area contributed by atoms with Gasteiger partial charge in [-0.1, -0.05) is 6.08 Å². The highest BCUT2D eigenvalue weighted by Gasteiger charge is 2.17. The summed E-state index contributed by atoms with van der Waals surface area (Å²) >= 11 is 5.54. The van der Waals surface area contributed by atoms with E-state index in [1.165, 1.54) is 0 Å². The van der Waals surface area contributed by atoms with Crippen LogP contribution in [0.2, 0.25) is 0 Å². The molecule has 0 radical (unpaired) electrons. The van der Waals surface area contributed by atoms with Crippen molar-refractivity contribution in [3.05, 3.63) is 12.7 Å². The quantitative estimate of drug-likeness (QED) is 0.567. The van der Waals surface area contributed by atoms with E-state index in [2.05, 4.69) is 11.9 Å². The fourth-order valence-corrected chi connectivity index (χ4v) is 0.823. The van der Waals surface area contributed by atoms with Gasteiger partial charge in [0.15, 0.2) is 0 Å². The molecule has 0 fully saturated rings. The van der Waals surface area contributed by atoms with Gasteiger partial charge in [-0.3, -0.25) is 0 Å². The number of rotatable bonds is 3. The molecule has 0 aromatic rings. The Morgan fingerprint density at radius 3 is 2.54 bits per heavy atom. The first-order valence-electron chi connectivity index (χ1n) is 4.07. The fraction of sp³-hybridized carbons (Fsp3) is 0.667. The highest BCUT2D eigenvalue weighted by molar-refractivity contribution is 6.18. The average Bonchev–Trinajstić information content (AvgIpc) is 1.96. The Hall–Kier alpha value is -0.700. The molecular formula is C9H16ClNO2. The predicted octanol–water partition coefficient (Wildman–Crippen LogP) is 2.30. The van der Waals surface area contributed by atoms with Crippen molar-refractivity contribution in [2.24, 2.45) is 0 Å². The number of hydrogen-bond donors (Lipinski definition) is 1. The molecule has 0 heterocycles. The van der Waals surface area contributed by atoms with Gasteiger partial charge >= 0.3 is 6.09 Å².